The van der Waals surface area contributed by atoms with E-state index in [9.17, 15) is 4.79 Å². The Morgan fingerprint density at radius 2 is 1.96 bits per heavy atom. The Morgan fingerprint density at radius 1 is 1.14 bits per heavy atom. The number of carbonyl (C=O) groups excluding carboxylic acids is 1. The SMILES string of the molecule is COc1ccc2ccccc2c1/C=N\NC(=O)CN1CCCc2ccccc21. The van der Waals surface area contributed by atoms with Gasteiger partial charge >= 0.3 is 0 Å². The van der Waals surface area contributed by atoms with E-state index in [1.54, 1.807) is 13.3 Å². The number of fused-ring (bicyclic) bond motifs is 2. The number of amides is 1. The Labute approximate surface area is 164 Å². The quantitative estimate of drug-likeness (QED) is 0.547. The first-order valence-corrected chi connectivity index (χ1v) is 9.47. The van der Waals surface area contributed by atoms with Crippen LogP contribution in [0.4, 0.5) is 5.69 Å². The van der Waals surface area contributed by atoms with Crippen LogP contribution in [-0.4, -0.2) is 32.3 Å². The molecule has 28 heavy (non-hydrogen) atoms. The minimum absolute atomic E-state index is 0.132. The molecule has 0 aliphatic carbocycles. The van der Waals surface area contributed by atoms with Crippen molar-refractivity contribution in [3.8, 4) is 5.75 Å². The zero-order valence-corrected chi connectivity index (χ0v) is 15.9. The summed E-state index contributed by atoms with van der Waals surface area (Å²) in [5.41, 5.74) is 5.95. The van der Waals surface area contributed by atoms with Gasteiger partial charge in [-0.05, 0) is 41.3 Å². The Kier molecular flexibility index (Phi) is 5.24. The molecule has 142 valence electrons. The molecule has 0 saturated heterocycles. The lowest BCUT2D eigenvalue weighted by Gasteiger charge is -2.30. The van der Waals surface area contributed by atoms with E-state index in [0.717, 1.165) is 47.2 Å². The maximum atomic E-state index is 12.4. The predicted molar refractivity (Wildman–Crippen MR) is 113 cm³/mol. The summed E-state index contributed by atoms with van der Waals surface area (Å²) >= 11 is 0. The summed E-state index contributed by atoms with van der Waals surface area (Å²) in [5.74, 6) is 0.591. The van der Waals surface area contributed by atoms with Gasteiger partial charge in [0, 0.05) is 17.8 Å². The van der Waals surface area contributed by atoms with Crippen molar-refractivity contribution in [1.82, 2.24) is 5.43 Å². The molecule has 1 amide bonds. The Balaban J connectivity index is 1.47. The smallest absolute Gasteiger partial charge is 0.259 e. The summed E-state index contributed by atoms with van der Waals surface area (Å²) in [7, 11) is 1.63. The Bertz CT molecular complexity index is 1030. The number of ether oxygens (including phenoxy) is 1. The van der Waals surface area contributed by atoms with Crippen molar-refractivity contribution < 1.29 is 9.53 Å². The number of rotatable bonds is 5. The van der Waals surface area contributed by atoms with Crippen LogP contribution in [0.5, 0.6) is 5.75 Å². The van der Waals surface area contributed by atoms with Crippen LogP contribution in [-0.2, 0) is 11.2 Å². The van der Waals surface area contributed by atoms with Crippen molar-refractivity contribution in [2.45, 2.75) is 12.8 Å². The van der Waals surface area contributed by atoms with Gasteiger partial charge in [0.1, 0.15) is 5.75 Å². The number of nitrogens with one attached hydrogen (secondary N) is 1. The molecular weight excluding hydrogens is 350 g/mol. The fourth-order valence-corrected chi connectivity index (χ4v) is 3.74. The van der Waals surface area contributed by atoms with Crippen LogP contribution in [0.25, 0.3) is 10.8 Å². The third kappa shape index (κ3) is 3.69. The molecule has 1 N–H and O–H groups in total. The highest BCUT2D eigenvalue weighted by molar-refractivity contribution is 6.02. The van der Waals surface area contributed by atoms with E-state index in [2.05, 4.69) is 27.6 Å². The van der Waals surface area contributed by atoms with Gasteiger partial charge in [0.15, 0.2) is 0 Å². The lowest BCUT2D eigenvalue weighted by Crippen LogP contribution is -2.38. The molecule has 5 heteroatoms. The number of hydrogen-bond donors (Lipinski definition) is 1. The van der Waals surface area contributed by atoms with E-state index >= 15 is 0 Å². The van der Waals surface area contributed by atoms with Gasteiger partial charge in [-0.25, -0.2) is 5.43 Å². The van der Waals surface area contributed by atoms with Crippen LogP contribution in [0.3, 0.4) is 0 Å². The normalized spacial score (nSPS) is 13.5. The summed E-state index contributed by atoms with van der Waals surface area (Å²) in [6.45, 7) is 1.17. The first-order valence-electron chi connectivity index (χ1n) is 9.47. The van der Waals surface area contributed by atoms with Crippen LogP contribution >= 0.6 is 0 Å². The molecule has 4 rings (SSSR count). The Morgan fingerprint density at radius 3 is 2.86 bits per heavy atom. The molecule has 0 unspecified atom stereocenters. The molecule has 1 aliphatic rings. The molecule has 3 aromatic rings. The number of aryl methyl sites for hydroxylation is 1. The molecule has 1 aliphatic heterocycles. The second-order valence-corrected chi connectivity index (χ2v) is 6.85. The van der Waals surface area contributed by atoms with E-state index in [1.807, 2.05) is 48.5 Å². The lowest BCUT2D eigenvalue weighted by molar-refractivity contribution is -0.119. The zero-order valence-electron chi connectivity index (χ0n) is 15.9. The Hall–Kier alpha value is -3.34. The van der Waals surface area contributed by atoms with Crippen LogP contribution in [0.2, 0.25) is 0 Å². The van der Waals surface area contributed by atoms with Gasteiger partial charge in [-0.2, -0.15) is 5.10 Å². The van der Waals surface area contributed by atoms with Gasteiger partial charge in [0.2, 0.25) is 0 Å². The summed E-state index contributed by atoms with van der Waals surface area (Å²) in [6, 6.07) is 20.2. The van der Waals surface area contributed by atoms with Gasteiger partial charge in [0.25, 0.3) is 5.91 Å². The number of para-hydroxylation sites is 1. The van der Waals surface area contributed by atoms with Crippen LogP contribution in [0.15, 0.2) is 65.8 Å². The molecule has 0 fully saturated rings. The largest absolute Gasteiger partial charge is 0.496 e. The van der Waals surface area contributed by atoms with Crippen LogP contribution < -0.4 is 15.1 Å². The maximum Gasteiger partial charge on any atom is 0.259 e. The van der Waals surface area contributed by atoms with E-state index in [0.29, 0.717) is 6.54 Å². The highest BCUT2D eigenvalue weighted by atomic mass is 16.5. The monoisotopic (exact) mass is 373 g/mol. The lowest BCUT2D eigenvalue weighted by atomic mass is 10.0. The number of carbonyl (C=O) groups is 1. The van der Waals surface area contributed by atoms with Gasteiger partial charge in [-0.1, -0.05) is 48.5 Å². The number of hydrogen-bond acceptors (Lipinski definition) is 4. The van der Waals surface area contributed by atoms with Crippen LogP contribution in [0.1, 0.15) is 17.5 Å². The highest BCUT2D eigenvalue weighted by Gasteiger charge is 2.18. The molecule has 0 bridgehead atoms. The standard InChI is InChI=1S/C23H23N3O2/c1-28-22-13-12-17-7-2-4-10-19(17)20(22)15-24-25-23(27)16-26-14-6-9-18-8-3-5-11-21(18)26/h2-5,7-8,10-13,15H,6,9,14,16H2,1H3,(H,25,27)/b24-15-. The van der Waals surface area contributed by atoms with E-state index < -0.39 is 0 Å². The number of benzene rings is 3. The van der Waals surface area contributed by atoms with Crippen molar-refractivity contribution in [1.29, 1.82) is 0 Å². The molecule has 0 spiro atoms. The van der Waals surface area contributed by atoms with Crippen molar-refractivity contribution in [2.75, 3.05) is 25.1 Å². The van der Waals surface area contributed by atoms with Gasteiger partial charge in [0.05, 0.1) is 19.9 Å². The second-order valence-electron chi connectivity index (χ2n) is 6.85. The third-order valence-electron chi connectivity index (χ3n) is 5.07. The number of methoxy groups -OCH3 is 1. The summed E-state index contributed by atoms with van der Waals surface area (Å²) in [5, 5.41) is 6.32. The summed E-state index contributed by atoms with van der Waals surface area (Å²) < 4.78 is 5.46. The average molecular weight is 373 g/mol. The van der Waals surface area contributed by atoms with Crippen LogP contribution in [0, 0.1) is 0 Å². The van der Waals surface area contributed by atoms with Crippen molar-refractivity contribution >= 4 is 28.6 Å². The minimum Gasteiger partial charge on any atom is -0.496 e. The van der Waals surface area contributed by atoms with Crippen molar-refractivity contribution in [2.24, 2.45) is 5.10 Å². The number of anilines is 1. The first-order chi connectivity index (χ1) is 13.8. The first kappa shape index (κ1) is 18.0. The molecule has 0 aromatic heterocycles. The summed E-state index contributed by atoms with van der Waals surface area (Å²) in [6.07, 6.45) is 3.78. The number of hydrazone groups is 1. The average Bonchev–Trinajstić information content (AvgIpc) is 2.74. The number of nitrogens with zero attached hydrogens (tertiary/aromatic N) is 2. The fraction of sp³-hybridized carbons (Fsp3) is 0.217. The highest BCUT2D eigenvalue weighted by Crippen LogP contribution is 2.27. The van der Waals surface area contributed by atoms with Gasteiger partial charge < -0.3 is 9.64 Å². The van der Waals surface area contributed by atoms with E-state index in [1.165, 1.54) is 5.56 Å². The fourth-order valence-electron chi connectivity index (χ4n) is 3.74. The van der Waals surface area contributed by atoms with E-state index in [4.69, 9.17) is 4.74 Å². The van der Waals surface area contributed by atoms with Gasteiger partial charge in [-0.15, -0.1) is 0 Å². The second kappa shape index (κ2) is 8.13. The molecular formula is C23H23N3O2. The maximum absolute atomic E-state index is 12.4. The molecule has 0 saturated carbocycles. The molecule has 5 nitrogen and oxygen atoms in total. The zero-order chi connectivity index (χ0) is 19.3. The third-order valence-corrected chi connectivity index (χ3v) is 5.07. The van der Waals surface area contributed by atoms with E-state index in [-0.39, 0.29) is 5.91 Å². The molecule has 0 atom stereocenters. The van der Waals surface area contributed by atoms with Crippen molar-refractivity contribution in [3.05, 3.63) is 71.8 Å². The van der Waals surface area contributed by atoms with Crippen molar-refractivity contribution in [3.63, 3.8) is 0 Å². The topological polar surface area (TPSA) is 53.9 Å². The predicted octanol–water partition coefficient (Wildman–Crippen LogP) is 3.75. The molecule has 0 radical (unpaired) electrons. The minimum atomic E-state index is -0.132. The molecule has 3 aromatic carbocycles. The summed E-state index contributed by atoms with van der Waals surface area (Å²) in [4.78, 5) is 14.5. The van der Waals surface area contributed by atoms with Gasteiger partial charge in [-0.3, -0.25) is 4.79 Å². The molecule has 1 heterocycles.